The van der Waals surface area contributed by atoms with Crippen molar-refractivity contribution in [2.75, 3.05) is 30.3 Å². The van der Waals surface area contributed by atoms with Crippen molar-refractivity contribution in [3.63, 3.8) is 0 Å². The van der Waals surface area contributed by atoms with Gasteiger partial charge in [-0.3, -0.25) is 13.9 Å². The Hall–Kier alpha value is -3.47. The number of nitrogens with one attached hydrogen (secondary N) is 1. The van der Waals surface area contributed by atoms with E-state index < -0.39 is 21.6 Å². The summed E-state index contributed by atoms with van der Waals surface area (Å²) < 4.78 is 38.1. The number of ether oxygens (including phenoxy) is 2. The first-order valence-electron chi connectivity index (χ1n) is 14.7. The van der Waals surface area contributed by atoms with Crippen molar-refractivity contribution < 1.29 is 27.5 Å². The third-order valence-electron chi connectivity index (χ3n) is 7.07. The number of sulfonamides is 1. The summed E-state index contributed by atoms with van der Waals surface area (Å²) in [6.45, 7) is 6.58. The summed E-state index contributed by atoms with van der Waals surface area (Å²) in [5.41, 5.74) is 1.46. The Morgan fingerprint density at radius 3 is 2.24 bits per heavy atom. The molecule has 3 aromatic carbocycles. The zero-order valence-electron chi connectivity index (χ0n) is 25.9. The monoisotopic (exact) mass is 675 g/mol. The normalized spacial score (nSPS) is 13.6. The fourth-order valence-electron chi connectivity index (χ4n) is 5.03. The van der Waals surface area contributed by atoms with Gasteiger partial charge in [-0.25, -0.2) is 8.42 Å². The Labute approximate surface area is 275 Å². The van der Waals surface area contributed by atoms with Crippen molar-refractivity contribution in [1.82, 2.24) is 10.2 Å². The van der Waals surface area contributed by atoms with E-state index in [4.69, 9.17) is 32.7 Å². The minimum Gasteiger partial charge on any atom is -0.486 e. The maximum atomic E-state index is 14.0. The number of hydrogen-bond acceptors (Lipinski definition) is 6. The van der Waals surface area contributed by atoms with Crippen molar-refractivity contribution in [3.8, 4) is 11.5 Å². The first-order chi connectivity index (χ1) is 21.2. The highest BCUT2D eigenvalue weighted by Crippen LogP contribution is 2.35. The van der Waals surface area contributed by atoms with Crippen LogP contribution >= 0.6 is 23.2 Å². The van der Waals surface area contributed by atoms with Crippen LogP contribution in [0.5, 0.6) is 11.5 Å². The average Bonchev–Trinajstić information content (AvgIpc) is 2.97. The van der Waals surface area contributed by atoms with Gasteiger partial charge in [0.15, 0.2) is 11.5 Å². The van der Waals surface area contributed by atoms with Gasteiger partial charge < -0.3 is 19.7 Å². The Morgan fingerprint density at radius 2 is 1.60 bits per heavy atom. The van der Waals surface area contributed by atoms with Crippen molar-refractivity contribution in [3.05, 3.63) is 87.9 Å². The number of amides is 2. The molecule has 45 heavy (non-hydrogen) atoms. The van der Waals surface area contributed by atoms with Crippen LogP contribution in [0.15, 0.2) is 66.7 Å². The summed E-state index contributed by atoms with van der Waals surface area (Å²) in [6.07, 6.45) is 1.60. The van der Waals surface area contributed by atoms with E-state index >= 15 is 0 Å². The molecule has 3 aromatic rings. The van der Waals surface area contributed by atoms with Crippen LogP contribution in [0.25, 0.3) is 0 Å². The van der Waals surface area contributed by atoms with E-state index in [0.29, 0.717) is 46.0 Å². The molecule has 0 saturated carbocycles. The highest BCUT2D eigenvalue weighted by atomic mass is 35.5. The molecular weight excluding hydrogens is 637 g/mol. The number of halogens is 2. The van der Waals surface area contributed by atoms with E-state index in [9.17, 15) is 18.0 Å². The van der Waals surface area contributed by atoms with E-state index in [0.717, 1.165) is 11.8 Å². The zero-order valence-corrected chi connectivity index (χ0v) is 28.2. The maximum Gasteiger partial charge on any atom is 0.243 e. The molecule has 12 heteroatoms. The van der Waals surface area contributed by atoms with Crippen LogP contribution in [0.1, 0.15) is 44.7 Å². The summed E-state index contributed by atoms with van der Waals surface area (Å²) in [5, 5.41) is 3.75. The first kappa shape index (κ1) is 34.4. The summed E-state index contributed by atoms with van der Waals surface area (Å²) in [7, 11) is -3.69. The molecule has 9 nitrogen and oxygen atoms in total. The molecule has 242 valence electrons. The zero-order chi connectivity index (χ0) is 32.8. The van der Waals surface area contributed by atoms with Gasteiger partial charge in [-0.15, -0.1) is 0 Å². The molecule has 0 radical (unpaired) electrons. The van der Waals surface area contributed by atoms with E-state index in [1.807, 2.05) is 51.1 Å². The molecule has 0 aliphatic carbocycles. The maximum absolute atomic E-state index is 14.0. The molecule has 1 aliphatic heterocycles. The number of anilines is 1. The molecule has 0 saturated heterocycles. The molecule has 0 spiro atoms. The second-order valence-corrected chi connectivity index (χ2v) is 14.7. The van der Waals surface area contributed by atoms with Gasteiger partial charge in [0.05, 0.1) is 22.0 Å². The van der Waals surface area contributed by atoms with Gasteiger partial charge in [0.25, 0.3) is 0 Å². The third-order valence-corrected chi connectivity index (χ3v) is 9.01. The number of carbonyl (C=O) groups excluding carboxylic acids is 2. The summed E-state index contributed by atoms with van der Waals surface area (Å²) in [6, 6.07) is 18.7. The number of hydrogen-bond donors (Lipinski definition) is 1. The van der Waals surface area contributed by atoms with E-state index in [2.05, 4.69) is 5.32 Å². The molecule has 1 atom stereocenters. The van der Waals surface area contributed by atoms with Crippen molar-refractivity contribution >= 4 is 50.7 Å². The first-order valence-corrected chi connectivity index (χ1v) is 17.3. The second kappa shape index (κ2) is 14.7. The Bertz CT molecular complexity index is 1610. The topological polar surface area (TPSA) is 105 Å². The fourth-order valence-corrected chi connectivity index (χ4v) is 6.31. The van der Waals surface area contributed by atoms with Gasteiger partial charge in [-0.05, 0) is 62.6 Å². The Morgan fingerprint density at radius 1 is 0.911 bits per heavy atom. The average molecular weight is 677 g/mol. The molecule has 1 aliphatic rings. The van der Waals surface area contributed by atoms with Crippen LogP contribution in [-0.2, 0) is 32.6 Å². The van der Waals surface area contributed by atoms with E-state index in [1.54, 1.807) is 41.3 Å². The van der Waals surface area contributed by atoms with Gasteiger partial charge in [-0.2, -0.15) is 0 Å². The number of benzene rings is 3. The van der Waals surface area contributed by atoms with Gasteiger partial charge in [0.1, 0.15) is 19.3 Å². The lowest BCUT2D eigenvalue weighted by atomic mass is 10.00. The highest BCUT2D eigenvalue weighted by molar-refractivity contribution is 7.92. The number of rotatable bonds is 12. The SMILES string of the molecule is CC(C)(C)NC(=O)[C@@H](Cc1ccccc1)N(Cc1ccc(Cl)c(Cl)c1)C(=O)CCCN(c1ccc2c(c1)OCCO2)S(C)(=O)=O. The summed E-state index contributed by atoms with van der Waals surface area (Å²) in [4.78, 5) is 29.4. The molecule has 0 unspecified atom stereocenters. The smallest absolute Gasteiger partial charge is 0.243 e. The van der Waals surface area contributed by atoms with Crippen LogP contribution in [0, 0.1) is 0 Å². The van der Waals surface area contributed by atoms with Crippen molar-refractivity contribution in [2.24, 2.45) is 0 Å². The summed E-state index contributed by atoms with van der Waals surface area (Å²) >= 11 is 12.5. The Balaban J connectivity index is 1.61. The van der Waals surface area contributed by atoms with Crippen molar-refractivity contribution in [1.29, 1.82) is 0 Å². The molecule has 0 bridgehead atoms. The van der Waals surface area contributed by atoms with Crippen LogP contribution in [-0.4, -0.2) is 62.7 Å². The van der Waals surface area contributed by atoms with E-state index in [-0.39, 0.29) is 44.2 Å². The molecular formula is C33H39Cl2N3O6S. The molecule has 1 N–H and O–H groups in total. The minimum atomic E-state index is -3.69. The fraction of sp³-hybridized carbons (Fsp3) is 0.394. The predicted octanol–water partition coefficient (Wildman–Crippen LogP) is 5.87. The standard InChI is InChI=1S/C33H39Cl2N3O6S/c1-33(2,3)36-32(40)28(20-23-9-6-5-7-10-23)37(22-24-12-14-26(34)27(35)19-24)31(39)11-8-16-38(45(4,41)42)25-13-15-29-30(21-25)44-18-17-43-29/h5-7,9-10,12-15,19,21,28H,8,11,16-18,20,22H2,1-4H3,(H,36,40)/t28-/m1/s1. The quantitative estimate of drug-likeness (QED) is 0.258. The van der Waals surface area contributed by atoms with E-state index in [1.165, 1.54) is 4.31 Å². The highest BCUT2D eigenvalue weighted by Gasteiger charge is 2.32. The van der Waals surface area contributed by atoms with Crippen LogP contribution < -0.4 is 19.1 Å². The van der Waals surface area contributed by atoms with Crippen molar-refractivity contribution in [2.45, 2.75) is 58.2 Å². The lowest BCUT2D eigenvalue weighted by Crippen LogP contribution is -2.54. The Kier molecular flexibility index (Phi) is 11.3. The predicted molar refractivity (Wildman–Crippen MR) is 178 cm³/mol. The van der Waals surface area contributed by atoms with Gasteiger partial charge in [-0.1, -0.05) is 59.6 Å². The molecule has 2 amide bonds. The van der Waals surface area contributed by atoms with Crippen LogP contribution in [0.3, 0.4) is 0 Å². The van der Waals surface area contributed by atoms with Crippen LogP contribution in [0.4, 0.5) is 5.69 Å². The molecule has 0 aromatic heterocycles. The third kappa shape index (κ3) is 9.76. The largest absolute Gasteiger partial charge is 0.486 e. The lowest BCUT2D eigenvalue weighted by Gasteiger charge is -2.34. The number of fused-ring (bicyclic) bond motifs is 1. The van der Waals surface area contributed by atoms with Crippen LogP contribution in [0.2, 0.25) is 10.0 Å². The minimum absolute atomic E-state index is 0.00796. The second-order valence-electron chi connectivity index (χ2n) is 12.0. The molecule has 4 rings (SSSR count). The van der Waals surface area contributed by atoms with Gasteiger partial charge in [0.2, 0.25) is 21.8 Å². The number of nitrogens with zero attached hydrogens (tertiary/aromatic N) is 2. The lowest BCUT2D eigenvalue weighted by molar-refractivity contribution is -0.142. The number of carbonyl (C=O) groups is 2. The van der Waals surface area contributed by atoms with Gasteiger partial charge >= 0.3 is 0 Å². The van der Waals surface area contributed by atoms with Gasteiger partial charge in [0, 0.05) is 37.5 Å². The summed E-state index contributed by atoms with van der Waals surface area (Å²) in [5.74, 6) is 0.407. The molecule has 0 fully saturated rings. The molecule has 1 heterocycles.